The maximum absolute atomic E-state index is 14.2. The zero-order chi connectivity index (χ0) is 39.3. The van der Waals surface area contributed by atoms with Crippen LogP contribution in [0.3, 0.4) is 0 Å². The van der Waals surface area contributed by atoms with Crippen molar-refractivity contribution < 1.29 is 38.2 Å². The topological polar surface area (TPSA) is 170 Å². The largest absolute Gasteiger partial charge is 0.467 e. The number of hydrogen-bond acceptors (Lipinski definition) is 9. The highest BCUT2D eigenvalue weighted by molar-refractivity contribution is 5.92. The molecule has 4 amide bonds. The van der Waals surface area contributed by atoms with Gasteiger partial charge in [0.1, 0.15) is 12.1 Å². The standard InChI is InChI=1S/C39H65N5O8/c1-12-27(13-2)33(43(8)36(47)32(24(3)4)42-38(49)39(6,7)40)30(50-9)23-31(45)44-21-17-20-29(44)34(51-10)25(5)35(46)41-28(37(48)52-11)22-26-18-15-14-16-19-26/h14-16,18-19,24-25,27-30,32-34H,12-13,17,20-23,40H2,1-11H3,(H,41,46)(H,42,49)/t25-,28+,29+,30-,32+,33+,34-/m1/s1. The average Bonchev–Trinajstić information content (AvgIpc) is 3.60. The van der Waals surface area contributed by atoms with E-state index in [1.165, 1.54) is 14.2 Å². The quantitative estimate of drug-likeness (QED) is 0.171. The maximum atomic E-state index is 14.2. The van der Waals surface area contributed by atoms with Crippen LogP contribution in [0.1, 0.15) is 86.1 Å². The number of esters is 1. The van der Waals surface area contributed by atoms with Gasteiger partial charge >= 0.3 is 5.97 Å². The van der Waals surface area contributed by atoms with E-state index in [0.717, 1.165) is 24.8 Å². The molecular weight excluding hydrogens is 666 g/mol. The SMILES string of the molecule is CCC(CC)[C@@H]([C@@H](CC(=O)N1CCC[C@H]1[C@H](OC)[C@@H](C)C(=O)N[C@@H](Cc1ccccc1)C(=O)OC)OC)N(C)C(=O)[C@@H](NC(=O)C(C)(C)N)C(C)C. The van der Waals surface area contributed by atoms with E-state index in [1.807, 2.05) is 58.0 Å². The van der Waals surface area contributed by atoms with E-state index in [2.05, 4.69) is 10.6 Å². The number of amides is 4. The lowest BCUT2D eigenvalue weighted by Crippen LogP contribution is -2.60. The number of benzene rings is 1. The smallest absolute Gasteiger partial charge is 0.328 e. The molecule has 1 fully saturated rings. The number of rotatable bonds is 20. The molecule has 0 aromatic heterocycles. The molecule has 0 unspecified atom stereocenters. The number of hydrogen-bond donors (Lipinski definition) is 3. The normalized spacial score (nSPS) is 18.3. The first-order chi connectivity index (χ1) is 24.5. The number of nitrogens with one attached hydrogen (secondary N) is 2. The molecule has 4 N–H and O–H groups in total. The van der Waals surface area contributed by atoms with Crippen LogP contribution in [-0.2, 0) is 44.6 Å². The van der Waals surface area contributed by atoms with E-state index in [0.29, 0.717) is 13.0 Å². The molecule has 1 saturated heterocycles. The molecule has 2 rings (SSSR count). The monoisotopic (exact) mass is 731 g/mol. The van der Waals surface area contributed by atoms with Crippen LogP contribution in [-0.4, -0.2) is 116 Å². The van der Waals surface area contributed by atoms with E-state index in [4.69, 9.17) is 19.9 Å². The van der Waals surface area contributed by atoms with Crippen LogP contribution in [0.15, 0.2) is 30.3 Å². The zero-order valence-corrected chi connectivity index (χ0v) is 33.3. The molecule has 0 radical (unpaired) electrons. The number of likely N-dealkylation sites (tertiary alicyclic amines) is 1. The first kappa shape index (κ1) is 44.6. The predicted molar refractivity (Wildman–Crippen MR) is 200 cm³/mol. The Labute approximate surface area is 311 Å². The molecule has 52 heavy (non-hydrogen) atoms. The highest BCUT2D eigenvalue weighted by Gasteiger charge is 2.43. The minimum Gasteiger partial charge on any atom is -0.467 e. The van der Waals surface area contributed by atoms with Crippen LogP contribution in [0.25, 0.3) is 0 Å². The molecule has 294 valence electrons. The van der Waals surface area contributed by atoms with Gasteiger partial charge in [-0.15, -0.1) is 0 Å². The van der Waals surface area contributed by atoms with Crippen molar-refractivity contribution >= 4 is 29.6 Å². The summed E-state index contributed by atoms with van der Waals surface area (Å²) in [7, 11) is 6.06. The van der Waals surface area contributed by atoms with Crippen LogP contribution in [0.4, 0.5) is 0 Å². The van der Waals surface area contributed by atoms with Crippen molar-refractivity contribution in [3.8, 4) is 0 Å². The number of nitrogens with zero attached hydrogens (tertiary/aromatic N) is 2. The first-order valence-corrected chi connectivity index (χ1v) is 18.6. The van der Waals surface area contributed by atoms with Gasteiger partial charge in [0.25, 0.3) is 0 Å². The third-order valence-corrected chi connectivity index (χ3v) is 10.5. The Hall–Kier alpha value is -3.55. The van der Waals surface area contributed by atoms with Crippen molar-refractivity contribution in [1.29, 1.82) is 0 Å². The van der Waals surface area contributed by atoms with Gasteiger partial charge in [0.2, 0.25) is 23.6 Å². The average molecular weight is 732 g/mol. The number of carbonyl (C=O) groups excluding carboxylic acids is 5. The Morgan fingerprint density at radius 3 is 2.10 bits per heavy atom. The van der Waals surface area contributed by atoms with Gasteiger partial charge < -0.3 is 40.4 Å². The lowest BCUT2D eigenvalue weighted by Gasteiger charge is -2.41. The van der Waals surface area contributed by atoms with Gasteiger partial charge in [-0.3, -0.25) is 19.2 Å². The fraction of sp³-hybridized carbons (Fsp3) is 0.718. The fourth-order valence-corrected chi connectivity index (χ4v) is 7.26. The van der Waals surface area contributed by atoms with Crippen molar-refractivity contribution in [3.63, 3.8) is 0 Å². The molecule has 13 heteroatoms. The van der Waals surface area contributed by atoms with Crippen LogP contribution in [0.5, 0.6) is 0 Å². The van der Waals surface area contributed by atoms with E-state index in [-0.39, 0.29) is 42.4 Å². The van der Waals surface area contributed by atoms with Crippen molar-refractivity contribution in [2.24, 2.45) is 23.5 Å². The number of methoxy groups -OCH3 is 3. The Morgan fingerprint density at radius 2 is 1.60 bits per heavy atom. The molecule has 0 bridgehead atoms. The molecule has 1 aliphatic rings. The van der Waals surface area contributed by atoms with Crippen LogP contribution in [0, 0.1) is 17.8 Å². The van der Waals surface area contributed by atoms with Gasteiger partial charge in [-0.25, -0.2) is 4.79 Å². The Kier molecular flexibility index (Phi) is 17.7. The molecule has 7 atom stereocenters. The summed E-state index contributed by atoms with van der Waals surface area (Å²) >= 11 is 0. The minimum atomic E-state index is -1.17. The number of carbonyl (C=O) groups is 5. The van der Waals surface area contributed by atoms with Crippen LogP contribution in [0.2, 0.25) is 0 Å². The lowest BCUT2D eigenvalue weighted by molar-refractivity contribution is -0.149. The Morgan fingerprint density at radius 1 is 0.981 bits per heavy atom. The third-order valence-electron chi connectivity index (χ3n) is 10.5. The zero-order valence-electron chi connectivity index (χ0n) is 33.3. The number of ether oxygens (including phenoxy) is 3. The van der Waals surface area contributed by atoms with Crippen molar-refractivity contribution in [2.45, 2.75) is 129 Å². The summed E-state index contributed by atoms with van der Waals surface area (Å²) in [6.07, 6.45) is 1.80. The summed E-state index contributed by atoms with van der Waals surface area (Å²) in [6, 6.07) is 6.78. The van der Waals surface area contributed by atoms with Gasteiger partial charge in [0, 0.05) is 34.2 Å². The van der Waals surface area contributed by atoms with Crippen molar-refractivity contribution in [3.05, 3.63) is 35.9 Å². The van der Waals surface area contributed by atoms with Gasteiger partial charge in [-0.05, 0) is 44.1 Å². The maximum Gasteiger partial charge on any atom is 0.328 e. The number of likely N-dealkylation sites (N-methyl/N-ethyl adjacent to an activating group) is 1. The second-order valence-corrected chi connectivity index (χ2v) is 15.0. The van der Waals surface area contributed by atoms with Crippen LogP contribution >= 0.6 is 0 Å². The van der Waals surface area contributed by atoms with Crippen LogP contribution < -0.4 is 16.4 Å². The predicted octanol–water partition coefficient (Wildman–Crippen LogP) is 3.08. The van der Waals surface area contributed by atoms with Gasteiger partial charge in [0.05, 0.1) is 49.3 Å². The van der Waals surface area contributed by atoms with Crippen molar-refractivity contribution in [1.82, 2.24) is 20.4 Å². The highest BCUT2D eigenvalue weighted by Crippen LogP contribution is 2.30. The van der Waals surface area contributed by atoms with Gasteiger partial charge in [0.15, 0.2) is 0 Å². The number of nitrogens with two attached hydrogens (primary N) is 1. The Balaban J connectivity index is 2.31. The lowest BCUT2D eigenvalue weighted by atomic mass is 9.86. The summed E-state index contributed by atoms with van der Waals surface area (Å²) in [5.41, 5.74) is 5.74. The second kappa shape index (κ2) is 20.6. The molecule has 1 aromatic carbocycles. The minimum absolute atomic E-state index is 0.00117. The first-order valence-electron chi connectivity index (χ1n) is 18.6. The molecular formula is C39H65N5O8. The molecule has 13 nitrogen and oxygen atoms in total. The Bertz CT molecular complexity index is 1320. The summed E-state index contributed by atoms with van der Waals surface area (Å²) in [6.45, 7) is 13.2. The summed E-state index contributed by atoms with van der Waals surface area (Å²) < 4.78 is 16.9. The second-order valence-electron chi connectivity index (χ2n) is 15.0. The van der Waals surface area contributed by atoms with Crippen molar-refractivity contribution in [2.75, 3.05) is 34.9 Å². The van der Waals surface area contributed by atoms with Gasteiger partial charge in [-0.2, -0.15) is 0 Å². The van der Waals surface area contributed by atoms with E-state index in [1.54, 1.807) is 44.7 Å². The fourth-order valence-electron chi connectivity index (χ4n) is 7.26. The van der Waals surface area contributed by atoms with E-state index >= 15 is 0 Å². The molecule has 1 heterocycles. The van der Waals surface area contributed by atoms with E-state index < -0.39 is 59.7 Å². The van der Waals surface area contributed by atoms with Gasteiger partial charge in [-0.1, -0.05) is 77.8 Å². The molecule has 1 aliphatic heterocycles. The summed E-state index contributed by atoms with van der Waals surface area (Å²) in [5, 5.41) is 5.70. The molecule has 0 saturated carbocycles. The molecule has 0 spiro atoms. The van der Waals surface area contributed by atoms with E-state index in [9.17, 15) is 24.0 Å². The summed E-state index contributed by atoms with van der Waals surface area (Å²) in [4.78, 5) is 70.8. The molecule has 1 aromatic rings. The molecule has 0 aliphatic carbocycles. The highest BCUT2D eigenvalue weighted by atomic mass is 16.5. The third kappa shape index (κ3) is 11.7. The summed E-state index contributed by atoms with van der Waals surface area (Å²) in [5.74, 6) is -2.74.